The average Bonchev–Trinajstić information content (AvgIpc) is 3.50. The first-order valence-electron chi connectivity index (χ1n) is 12.5. The minimum atomic E-state index is -4.75. The van der Waals surface area contributed by atoms with Gasteiger partial charge in [0.15, 0.2) is 15.7 Å². The van der Waals surface area contributed by atoms with E-state index in [4.69, 9.17) is 5.73 Å². The highest BCUT2D eigenvalue weighted by Crippen LogP contribution is 2.39. The maximum Gasteiger partial charge on any atom is 0.418 e. The number of hydrogen-bond donors (Lipinski definition) is 2. The first-order chi connectivity index (χ1) is 19.7. The van der Waals surface area contributed by atoms with Crippen LogP contribution in [-0.2, 0) is 16.0 Å². The molecule has 0 saturated carbocycles. The Morgan fingerprint density at radius 2 is 1.79 bits per heavy atom. The van der Waals surface area contributed by atoms with Gasteiger partial charge in [-0.25, -0.2) is 22.3 Å². The third-order valence-corrected chi connectivity index (χ3v) is 8.19. The summed E-state index contributed by atoms with van der Waals surface area (Å²) in [6.45, 7) is 1.01. The number of aromatic nitrogens is 3. The van der Waals surface area contributed by atoms with Crippen molar-refractivity contribution >= 4 is 33.0 Å². The molecule has 2 atom stereocenters. The predicted molar refractivity (Wildman–Crippen MR) is 144 cm³/mol. The molecule has 220 valence electrons. The number of halogens is 4. The number of nitrogen functional groups attached to an aromatic ring is 1. The van der Waals surface area contributed by atoms with Gasteiger partial charge in [0, 0.05) is 23.9 Å². The summed E-state index contributed by atoms with van der Waals surface area (Å²) in [5.41, 5.74) is 4.89. The van der Waals surface area contributed by atoms with Crippen LogP contribution >= 0.6 is 0 Å². The van der Waals surface area contributed by atoms with Crippen LogP contribution in [-0.4, -0.2) is 71.3 Å². The van der Waals surface area contributed by atoms with Crippen molar-refractivity contribution in [3.05, 3.63) is 77.1 Å². The van der Waals surface area contributed by atoms with Gasteiger partial charge in [0.1, 0.15) is 18.0 Å². The third kappa shape index (κ3) is 5.26. The normalized spacial score (nSPS) is 17.5. The number of carbonyl (C=O) groups is 2. The summed E-state index contributed by atoms with van der Waals surface area (Å²) in [5.74, 6) is -1.78. The van der Waals surface area contributed by atoms with Crippen molar-refractivity contribution < 1.29 is 35.6 Å². The van der Waals surface area contributed by atoms with Gasteiger partial charge in [-0.05, 0) is 36.8 Å². The van der Waals surface area contributed by atoms with E-state index in [2.05, 4.69) is 15.4 Å². The molecule has 2 aromatic carbocycles. The molecular formula is C27H24F4N6O4S. The second-order valence-corrected chi connectivity index (χ2v) is 11.9. The Morgan fingerprint density at radius 1 is 1.07 bits per heavy atom. The molecule has 1 saturated heterocycles. The minimum Gasteiger partial charge on any atom is -0.382 e. The fraction of sp³-hybridized carbons (Fsp3) is 0.259. The number of alkyl halides is 4. The molecule has 15 heteroatoms. The maximum atomic E-state index is 15.0. The number of rotatable bonds is 5. The van der Waals surface area contributed by atoms with E-state index in [1.165, 1.54) is 42.5 Å². The molecule has 0 aliphatic carbocycles. The van der Waals surface area contributed by atoms with E-state index in [1.807, 2.05) is 0 Å². The maximum absolute atomic E-state index is 15.0. The predicted octanol–water partition coefficient (Wildman–Crippen LogP) is 3.30. The monoisotopic (exact) mass is 604 g/mol. The van der Waals surface area contributed by atoms with Crippen molar-refractivity contribution in [1.82, 2.24) is 24.8 Å². The number of benzene rings is 2. The zero-order valence-electron chi connectivity index (χ0n) is 22.2. The SMILES string of the molecule is Cc1ccc(-c2cc(C(F)(F)F)c3c(N)ncnn23)cc1C(=O)N[C@@H]1CN(C(=O)c2ccccc2S(C)(=O)=O)C[C@@H]1F. The van der Waals surface area contributed by atoms with E-state index in [1.54, 1.807) is 6.92 Å². The first kappa shape index (κ1) is 29.0. The standard InChI is InChI=1S/C27H24F4N6O4S/c1-14-7-8-15(21-10-18(27(29,30)31)23-24(32)33-13-34-37(21)23)9-17(14)25(38)35-20-12-36(11-19(20)28)26(39)16-5-3-4-6-22(16)42(2,40)41/h3-10,13,19-20H,11-12H2,1-2H3,(H,35,38)(H2,32,33,34)/t19-,20+/m0/s1. The number of likely N-dealkylation sites (tertiary alicyclic amines) is 1. The van der Waals surface area contributed by atoms with Crippen molar-refractivity contribution in [3.63, 3.8) is 0 Å². The quantitative estimate of drug-likeness (QED) is 0.333. The summed E-state index contributed by atoms with van der Waals surface area (Å²) >= 11 is 0. The molecule has 2 amide bonds. The van der Waals surface area contributed by atoms with Crippen molar-refractivity contribution in [2.45, 2.75) is 30.2 Å². The van der Waals surface area contributed by atoms with Crippen LogP contribution in [0.4, 0.5) is 23.4 Å². The van der Waals surface area contributed by atoms with Crippen LogP contribution in [0.2, 0.25) is 0 Å². The molecule has 5 rings (SSSR count). The smallest absolute Gasteiger partial charge is 0.382 e. The van der Waals surface area contributed by atoms with Gasteiger partial charge in [0.2, 0.25) is 0 Å². The highest BCUT2D eigenvalue weighted by atomic mass is 32.2. The number of nitrogens with two attached hydrogens (primary N) is 1. The topological polar surface area (TPSA) is 140 Å². The van der Waals surface area contributed by atoms with Crippen LogP contribution < -0.4 is 11.1 Å². The fourth-order valence-corrected chi connectivity index (χ4v) is 5.85. The number of carbonyl (C=O) groups excluding carboxylic acids is 2. The lowest BCUT2D eigenvalue weighted by Gasteiger charge is -2.18. The second-order valence-electron chi connectivity index (χ2n) is 9.95. The van der Waals surface area contributed by atoms with Gasteiger partial charge in [-0.15, -0.1) is 0 Å². The highest BCUT2D eigenvalue weighted by Gasteiger charge is 2.39. The van der Waals surface area contributed by atoms with Gasteiger partial charge in [-0.2, -0.15) is 18.3 Å². The summed E-state index contributed by atoms with van der Waals surface area (Å²) in [5, 5.41) is 6.48. The molecule has 3 heterocycles. The van der Waals surface area contributed by atoms with E-state index < -0.39 is 51.1 Å². The van der Waals surface area contributed by atoms with E-state index >= 15 is 4.39 Å². The molecule has 1 aliphatic rings. The van der Waals surface area contributed by atoms with Gasteiger partial charge in [0.25, 0.3) is 11.8 Å². The van der Waals surface area contributed by atoms with E-state index in [9.17, 15) is 31.2 Å². The number of amides is 2. The summed E-state index contributed by atoms with van der Waals surface area (Å²) in [6, 6.07) is 9.72. The van der Waals surface area contributed by atoms with Gasteiger partial charge in [0.05, 0.1) is 34.3 Å². The van der Waals surface area contributed by atoms with Crippen molar-refractivity contribution in [2.75, 3.05) is 25.1 Å². The van der Waals surface area contributed by atoms with Crippen molar-refractivity contribution in [1.29, 1.82) is 0 Å². The Bertz CT molecular complexity index is 1840. The zero-order valence-corrected chi connectivity index (χ0v) is 23.0. The van der Waals surface area contributed by atoms with Crippen LogP contribution in [0.5, 0.6) is 0 Å². The highest BCUT2D eigenvalue weighted by molar-refractivity contribution is 7.90. The molecule has 1 fully saturated rings. The van der Waals surface area contributed by atoms with Gasteiger partial charge in [-0.3, -0.25) is 9.59 Å². The Hall–Kier alpha value is -4.53. The summed E-state index contributed by atoms with van der Waals surface area (Å²) < 4.78 is 81.6. The number of sulfone groups is 1. The molecule has 4 aromatic rings. The van der Waals surface area contributed by atoms with Gasteiger partial charge < -0.3 is 16.0 Å². The Kier molecular flexibility index (Phi) is 7.17. The fourth-order valence-electron chi connectivity index (χ4n) is 4.96. The zero-order chi connectivity index (χ0) is 30.6. The van der Waals surface area contributed by atoms with Gasteiger partial charge in [-0.1, -0.05) is 24.3 Å². The molecule has 2 aromatic heterocycles. The molecule has 0 spiro atoms. The Labute approximate surface area is 237 Å². The van der Waals surface area contributed by atoms with Crippen molar-refractivity contribution in [2.24, 2.45) is 0 Å². The average molecular weight is 605 g/mol. The van der Waals surface area contributed by atoms with E-state index in [-0.39, 0.29) is 46.2 Å². The first-order valence-corrected chi connectivity index (χ1v) is 14.4. The number of nitrogens with zero attached hydrogens (tertiary/aromatic N) is 4. The molecule has 1 aliphatic heterocycles. The minimum absolute atomic E-state index is 0.00558. The molecule has 0 bridgehead atoms. The summed E-state index contributed by atoms with van der Waals surface area (Å²) in [7, 11) is -3.73. The van der Waals surface area contributed by atoms with E-state index in [0.29, 0.717) is 5.56 Å². The van der Waals surface area contributed by atoms with Crippen molar-refractivity contribution in [3.8, 4) is 11.3 Å². The van der Waals surface area contributed by atoms with Crippen LogP contribution in [0, 0.1) is 6.92 Å². The Balaban J connectivity index is 1.41. The van der Waals surface area contributed by atoms with Crippen LogP contribution in [0.1, 0.15) is 31.8 Å². The molecule has 0 radical (unpaired) electrons. The molecule has 3 N–H and O–H groups in total. The van der Waals surface area contributed by atoms with Crippen LogP contribution in [0.3, 0.4) is 0 Å². The third-order valence-electron chi connectivity index (χ3n) is 7.04. The lowest BCUT2D eigenvalue weighted by molar-refractivity contribution is -0.136. The molecule has 10 nitrogen and oxygen atoms in total. The molecule has 0 unspecified atom stereocenters. The Morgan fingerprint density at radius 3 is 2.48 bits per heavy atom. The number of hydrogen-bond acceptors (Lipinski definition) is 7. The lowest BCUT2D eigenvalue weighted by Crippen LogP contribution is -2.42. The number of anilines is 1. The lowest BCUT2D eigenvalue weighted by atomic mass is 10.0. The van der Waals surface area contributed by atoms with Gasteiger partial charge >= 0.3 is 6.18 Å². The van der Waals surface area contributed by atoms with Crippen LogP contribution in [0.15, 0.2) is 59.8 Å². The number of nitrogens with one attached hydrogen (secondary N) is 1. The van der Waals surface area contributed by atoms with Crippen LogP contribution in [0.25, 0.3) is 16.8 Å². The largest absolute Gasteiger partial charge is 0.418 e. The molecule has 42 heavy (non-hydrogen) atoms. The number of fused-ring (bicyclic) bond motifs is 1. The second kappa shape index (κ2) is 10.4. The number of aryl methyl sites for hydroxylation is 1. The summed E-state index contributed by atoms with van der Waals surface area (Å²) in [6.07, 6.45) is -4.44. The van der Waals surface area contributed by atoms with E-state index in [0.717, 1.165) is 28.1 Å². The summed E-state index contributed by atoms with van der Waals surface area (Å²) in [4.78, 5) is 31.0. The molecular weight excluding hydrogens is 580 g/mol.